The van der Waals surface area contributed by atoms with Crippen LogP contribution in [-0.4, -0.2) is 12.4 Å². The molecule has 1 aliphatic rings. The van der Waals surface area contributed by atoms with E-state index in [1.54, 1.807) is 12.1 Å². The number of nitrogens with one attached hydrogen (secondary N) is 1. The minimum atomic E-state index is -4.64. The van der Waals surface area contributed by atoms with E-state index in [4.69, 9.17) is 0 Å². The molecule has 1 N–H and O–H groups in total. The first kappa shape index (κ1) is 12.1. The Morgan fingerprint density at radius 2 is 2.06 bits per heavy atom. The van der Waals surface area contributed by atoms with Crippen LogP contribution in [0.3, 0.4) is 0 Å². The average Bonchev–Trinajstić information content (AvgIpc) is 2.97. The number of ether oxygens (including phenoxy) is 1. The van der Waals surface area contributed by atoms with Gasteiger partial charge in [0.1, 0.15) is 5.75 Å². The van der Waals surface area contributed by atoms with Crippen molar-refractivity contribution in [3.05, 3.63) is 24.3 Å². The second-order valence-corrected chi connectivity index (χ2v) is 4.35. The van der Waals surface area contributed by atoms with E-state index in [2.05, 4.69) is 10.1 Å². The molecule has 2 nitrogen and oxygen atoms in total. The molecule has 0 aliphatic heterocycles. The SMILES string of the molecule is CC(Nc1cccc(OC(F)(F)F)c1)C1CC1. The molecule has 94 valence electrons. The fourth-order valence-corrected chi connectivity index (χ4v) is 1.76. The number of anilines is 1. The predicted octanol–water partition coefficient (Wildman–Crippen LogP) is 3.80. The summed E-state index contributed by atoms with van der Waals surface area (Å²) in [4.78, 5) is 0. The molecule has 1 aliphatic carbocycles. The minimum absolute atomic E-state index is 0.189. The maximum absolute atomic E-state index is 12.0. The van der Waals surface area contributed by atoms with Gasteiger partial charge in [-0.05, 0) is 37.8 Å². The molecule has 1 aromatic rings. The maximum atomic E-state index is 12.0. The highest BCUT2D eigenvalue weighted by molar-refractivity contribution is 5.49. The van der Waals surface area contributed by atoms with E-state index in [1.807, 2.05) is 6.92 Å². The van der Waals surface area contributed by atoms with Gasteiger partial charge in [0.2, 0.25) is 0 Å². The van der Waals surface area contributed by atoms with Crippen LogP contribution in [0, 0.1) is 5.92 Å². The topological polar surface area (TPSA) is 21.3 Å². The normalized spacial score (nSPS) is 17.6. The second-order valence-electron chi connectivity index (χ2n) is 4.35. The summed E-state index contributed by atoms with van der Waals surface area (Å²) >= 11 is 0. The molecule has 0 radical (unpaired) electrons. The van der Waals surface area contributed by atoms with Crippen molar-refractivity contribution in [1.29, 1.82) is 0 Å². The largest absolute Gasteiger partial charge is 0.573 e. The number of hydrogen-bond acceptors (Lipinski definition) is 2. The highest BCUT2D eigenvalue weighted by Crippen LogP contribution is 2.34. The second kappa shape index (κ2) is 4.47. The Morgan fingerprint density at radius 1 is 1.35 bits per heavy atom. The van der Waals surface area contributed by atoms with Crippen LogP contribution >= 0.6 is 0 Å². The summed E-state index contributed by atoms with van der Waals surface area (Å²) in [5.74, 6) is 0.452. The Kier molecular flexibility index (Phi) is 3.17. The molecular formula is C12H14F3NO. The molecular weight excluding hydrogens is 231 g/mol. The molecule has 1 unspecified atom stereocenters. The van der Waals surface area contributed by atoms with Gasteiger partial charge in [0.15, 0.2) is 0 Å². The molecule has 0 aromatic heterocycles. The quantitative estimate of drug-likeness (QED) is 0.871. The van der Waals surface area contributed by atoms with Gasteiger partial charge < -0.3 is 10.1 Å². The maximum Gasteiger partial charge on any atom is 0.573 e. The molecule has 1 saturated carbocycles. The van der Waals surface area contributed by atoms with E-state index >= 15 is 0 Å². The van der Waals surface area contributed by atoms with Crippen molar-refractivity contribution in [2.75, 3.05) is 5.32 Å². The lowest BCUT2D eigenvalue weighted by atomic mass is 10.2. The average molecular weight is 245 g/mol. The molecule has 1 atom stereocenters. The van der Waals surface area contributed by atoms with Gasteiger partial charge in [0.25, 0.3) is 0 Å². The number of alkyl halides is 3. The summed E-state index contributed by atoms with van der Waals surface area (Å²) < 4.78 is 40.0. The lowest BCUT2D eigenvalue weighted by Gasteiger charge is -2.15. The smallest absolute Gasteiger partial charge is 0.406 e. The van der Waals surface area contributed by atoms with Crippen molar-refractivity contribution in [3.63, 3.8) is 0 Å². The van der Waals surface area contributed by atoms with Crippen LogP contribution in [-0.2, 0) is 0 Å². The van der Waals surface area contributed by atoms with Crippen molar-refractivity contribution in [1.82, 2.24) is 0 Å². The van der Waals surface area contributed by atoms with Crippen LogP contribution in [0.2, 0.25) is 0 Å². The zero-order valence-electron chi connectivity index (χ0n) is 9.42. The summed E-state index contributed by atoms with van der Waals surface area (Å²) in [6, 6.07) is 6.23. The minimum Gasteiger partial charge on any atom is -0.406 e. The van der Waals surface area contributed by atoms with E-state index in [0.717, 1.165) is 0 Å². The Labute approximate surface area is 97.8 Å². The zero-order valence-corrected chi connectivity index (χ0v) is 9.42. The Bertz CT molecular complexity index is 388. The highest BCUT2D eigenvalue weighted by Gasteiger charge is 2.31. The molecule has 0 amide bonds. The Hall–Kier alpha value is -1.39. The Morgan fingerprint density at radius 3 is 2.65 bits per heavy atom. The summed E-state index contributed by atoms with van der Waals surface area (Å²) in [5.41, 5.74) is 0.658. The van der Waals surface area contributed by atoms with Crippen LogP contribution in [0.25, 0.3) is 0 Å². The molecule has 1 aromatic carbocycles. The van der Waals surface area contributed by atoms with E-state index in [1.165, 1.54) is 25.0 Å². The molecule has 2 rings (SSSR count). The standard InChI is InChI=1S/C12H14F3NO/c1-8(9-5-6-9)16-10-3-2-4-11(7-10)17-12(13,14)15/h2-4,7-9,16H,5-6H2,1H3. The van der Waals surface area contributed by atoms with Crippen LogP contribution in [0.15, 0.2) is 24.3 Å². The first-order chi connectivity index (χ1) is 7.94. The van der Waals surface area contributed by atoms with Crippen molar-refractivity contribution in [2.24, 2.45) is 5.92 Å². The van der Waals surface area contributed by atoms with E-state index in [-0.39, 0.29) is 11.8 Å². The third-order valence-corrected chi connectivity index (χ3v) is 2.79. The summed E-state index contributed by atoms with van der Waals surface area (Å²) in [5, 5.41) is 3.18. The summed E-state index contributed by atoms with van der Waals surface area (Å²) in [6.45, 7) is 2.04. The van der Waals surface area contributed by atoms with Crippen LogP contribution in [0.5, 0.6) is 5.75 Å². The van der Waals surface area contributed by atoms with Gasteiger partial charge in [0.05, 0.1) is 0 Å². The van der Waals surface area contributed by atoms with Gasteiger partial charge in [-0.1, -0.05) is 6.07 Å². The number of rotatable bonds is 4. The van der Waals surface area contributed by atoms with Gasteiger partial charge in [0, 0.05) is 17.8 Å². The van der Waals surface area contributed by atoms with Crippen molar-refractivity contribution < 1.29 is 17.9 Å². The van der Waals surface area contributed by atoms with E-state index in [9.17, 15) is 13.2 Å². The first-order valence-corrected chi connectivity index (χ1v) is 5.56. The van der Waals surface area contributed by atoms with Gasteiger partial charge in [-0.2, -0.15) is 0 Å². The van der Waals surface area contributed by atoms with Crippen molar-refractivity contribution in [3.8, 4) is 5.75 Å². The first-order valence-electron chi connectivity index (χ1n) is 5.56. The van der Waals surface area contributed by atoms with Gasteiger partial charge >= 0.3 is 6.36 Å². The number of halogens is 3. The van der Waals surface area contributed by atoms with Crippen LogP contribution in [0.1, 0.15) is 19.8 Å². The molecule has 0 saturated heterocycles. The lowest BCUT2D eigenvalue weighted by molar-refractivity contribution is -0.274. The number of benzene rings is 1. The molecule has 5 heteroatoms. The molecule has 0 spiro atoms. The van der Waals surface area contributed by atoms with Gasteiger partial charge in [-0.25, -0.2) is 0 Å². The lowest BCUT2D eigenvalue weighted by Crippen LogP contribution is -2.19. The zero-order chi connectivity index (χ0) is 12.5. The van der Waals surface area contributed by atoms with E-state index in [0.29, 0.717) is 11.6 Å². The summed E-state index contributed by atoms with van der Waals surface area (Å²) in [6.07, 6.45) is -2.26. The molecule has 0 heterocycles. The van der Waals surface area contributed by atoms with Crippen LogP contribution in [0.4, 0.5) is 18.9 Å². The van der Waals surface area contributed by atoms with Gasteiger partial charge in [-0.3, -0.25) is 0 Å². The van der Waals surface area contributed by atoms with Crippen LogP contribution < -0.4 is 10.1 Å². The van der Waals surface area contributed by atoms with Crippen molar-refractivity contribution in [2.45, 2.75) is 32.2 Å². The van der Waals surface area contributed by atoms with Gasteiger partial charge in [-0.15, -0.1) is 13.2 Å². The highest BCUT2D eigenvalue weighted by atomic mass is 19.4. The summed E-state index contributed by atoms with van der Waals surface area (Å²) in [7, 11) is 0. The van der Waals surface area contributed by atoms with Crippen molar-refractivity contribution >= 4 is 5.69 Å². The van der Waals surface area contributed by atoms with E-state index < -0.39 is 6.36 Å². The third-order valence-electron chi connectivity index (χ3n) is 2.79. The molecule has 17 heavy (non-hydrogen) atoms. The third kappa shape index (κ3) is 3.84. The molecule has 1 fully saturated rings. The fraction of sp³-hybridized carbons (Fsp3) is 0.500. The molecule has 0 bridgehead atoms. The number of hydrogen-bond donors (Lipinski definition) is 1. The Balaban J connectivity index is 2.00. The fourth-order valence-electron chi connectivity index (χ4n) is 1.76. The predicted molar refractivity (Wildman–Crippen MR) is 58.9 cm³/mol. The monoisotopic (exact) mass is 245 g/mol.